The third kappa shape index (κ3) is 4.73. The van der Waals surface area contributed by atoms with Crippen LogP contribution in [0.15, 0.2) is 79.1 Å². The molecule has 0 saturated carbocycles. The fraction of sp³-hybridized carbons (Fsp3) is 0.172. The minimum atomic E-state index is -1.34. The normalized spacial score (nSPS) is 16.9. The lowest BCUT2D eigenvalue weighted by atomic mass is 10.0. The van der Waals surface area contributed by atoms with E-state index in [2.05, 4.69) is 20.6 Å². The van der Waals surface area contributed by atoms with Crippen molar-refractivity contribution in [1.29, 1.82) is 0 Å². The summed E-state index contributed by atoms with van der Waals surface area (Å²) in [4.78, 5) is 40.0. The van der Waals surface area contributed by atoms with Gasteiger partial charge in [0, 0.05) is 23.1 Å². The Morgan fingerprint density at radius 3 is 2.58 bits per heavy atom. The molecular formula is C29H24FN7O3. The number of nitrogens with one attached hydrogen (secondary N) is 1. The first-order chi connectivity index (χ1) is 19.4. The zero-order chi connectivity index (χ0) is 27.8. The number of hydrogen-bond donors (Lipinski definition) is 2. The molecule has 2 atom stereocenters. The SMILES string of the molecule is NC(=O)c1nn(CC(=O)N2CC(F)CC2C(=O)Nc2ccc3ccccc3c2)c2ccc(-c3ccnnc3)cc12. The van der Waals surface area contributed by atoms with Crippen molar-refractivity contribution in [3.63, 3.8) is 0 Å². The molecule has 3 amide bonds. The highest BCUT2D eigenvalue weighted by Gasteiger charge is 2.40. The second kappa shape index (κ2) is 10.2. The average Bonchev–Trinajstić information content (AvgIpc) is 3.54. The molecular weight excluding hydrogens is 513 g/mol. The summed E-state index contributed by atoms with van der Waals surface area (Å²) in [6.45, 7) is -0.512. The van der Waals surface area contributed by atoms with Gasteiger partial charge in [-0.15, -0.1) is 0 Å². The van der Waals surface area contributed by atoms with E-state index in [1.165, 1.54) is 9.58 Å². The van der Waals surface area contributed by atoms with Crippen molar-refractivity contribution < 1.29 is 18.8 Å². The highest BCUT2D eigenvalue weighted by atomic mass is 19.1. The quantitative estimate of drug-likeness (QED) is 0.341. The number of nitrogens with zero attached hydrogens (tertiary/aromatic N) is 5. The van der Waals surface area contributed by atoms with E-state index in [-0.39, 0.29) is 25.2 Å². The number of carbonyl (C=O) groups excluding carboxylic acids is 3. The summed E-state index contributed by atoms with van der Waals surface area (Å²) in [7, 11) is 0. The zero-order valence-electron chi connectivity index (χ0n) is 21.2. The van der Waals surface area contributed by atoms with Crippen molar-refractivity contribution >= 4 is 45.1 Å². The molecule has 2 aromatic heterocycles. The number of benzene rings is 3. The molecule has 1 saturated heterocycles. The van der Waals surface area contributed by atoms with Gasteiger partial charge in [0.1, 0.15) is 18.8 Å². The number of fused-ring (bicyclic) bond motifs is 2. The van der Waals surface area contributed by atoms with E-state index in [1.807, 2.05) is 36.4 Å². The number of amides is 3. The highest BCUT2D eigenvalue weighted by molar-refractivity contribution is 6.05. The van der Waals surface area contributed by atoms with E-state index in [1.54, 1.807) is 42.7 Å². The maximum Gasteiger partial charge on any atom is 0.269 e. The van der Waals surface area contributed by atoms with Gasteiger partial charge in [0.15, 0.2) is 5.69 Å². The fourth-order valence-corrected chi connectivity index (χ4v) is 5.14. The molecule has 0 aliphatic carbocycles. The molecule has 2 unspecified atom stereocenters. The monoisotopic (exact) mass is 537 g/mol. The Labute approximate surface area is 227 Å². The van der Waals surface area contributed by atoms with E-state index in [4.69, 9.17) is 5.73 Å². The number of anilines is 1. The molecule has 5 aromatic rings. The molecule has 3 heterocycles. The Kier molecular flexibility index (Phi) is 6.39. The van der Waals surface area contributed by atoms with Crippen LogP contribution in [0.25, 0.3) is 32.8 Å². The summed E-state index contributed by atoms with van der Waals surface area (Å²) < 4.78 is 15.9. The van der Waals surface area contributed by atoms with Crippen LogP contribution in [-0.2, 0) is 16.1 Å². The van der Waals surface area contributed by atoms with Crippen LogP contribution in [0.4, 0.5) is 10.1 Å². The maximum absolute atomic E-state index is 14.5. The summed E-state index contributed by atoms with van der Waals surface area (Å²) in [5.74, 6) is -1.72. The molecule has 0 bridgehead atoms. The third-order valence-corrected chi connectivity index (χ3v) is 7.08. The van der Waals surface area contributed by atoms with Crippen molar-refractivity contribution in [3.8, 4) is 11.1 Å². The minimum absolute atomic E-state index is 0.00190. The Bertz CT molecular complexity index is 1770. The molecule has 0 spiro atoms. The zero-order valence-corrected chi connectivity index (χ0v) is 21.2. The molecule has 40 heavy (non-hydrogen) atoms. The second-order valence-corrected chi connectivity index (χ2v) is 9.68. The van der Waals surface area contributed by atoms with Crippen LogP contribution in [0, 0.1) is 0 Å². The lowest BCUT2D eigenvalue weighted by Crippen LogP contribution is -2.44. The van der Waals surface area contributed by atoms with Gasteiger partial charge in [0.25, 0.3) is 5.91 Å². The smallest absolute Gasteiger partial charge is 0.269 e. The van der Waals surface area contributed by atoms with E-state index in [9.17, 15) is 18.8 Å². The highest BCUT2D eigenvalue weighted by Crippen LogP contribution is 2.28. The van der Waals surface area contributed by atoms with Crippen molar-refractivity contribution in [2.45, 2.75) is 25.2 Å². The van der Waals surface area contributed by atoms with Crippen LogP contribution >= 0.6 is 0 Å². The molecule has 1 fully saturated rings. The summed E-state index contributed by atoms with van der Waals surface area (Å²) in [6, 6.07) is 19.3. The topological polar surface area (TPSA) is 136 Å². The third-order valence-electron chi connectivity index (χ3n) is 7.08. The Morgan fingerprint density at radius 2 is 1.80 bits per heavy atom. The molecule has 6 rings (SSSR count). The van der Waals surface area contributed by atoms with Crippen LogP contribution in [0.1, 0.15) is 16.9 Å². The van der Waals surface area contributed by atoms with Crippen LogP contribution < -0.4 is 11.1 Å². The molecule has 1 aliphatic heterocycles. The molecule has 0 radical (unpaired) electrons. The first-order valence-electron chi connectivity index (χ1n) is 12.7. The van der Waals surface area contributed by atoms with Gasteiger partial charge in [-0.1, -0.05) is 36.4 Å². The van der Waals surface area contributed by atoms with E-state index >= 15 is 0 Å². The summed E-state index contributed by atoms with van der Waals surface area (Å²) in [5, 5.41) is 17.2. The average molecular weight is 538 g/mol. The van der Waals surface area contributed by atoms with Gasteiger partial charge in [-0.2, -0.15) is 15.3 Å². The number of alkyl halides is 1. The van der Waals surface area contributed by atoms with Gasteiger partial charge in [0.05, 0.1) is 24.5 Å². The number of hydrogen-bond acceptors (Lipinski definition) is 6. The number of carbonyl (C=O) groups is 3. The number of rotatable bonds is 6. The maximum atomic E-state index is 14.5. The number of aromatic nitrogens is 4. The number of likely N-dealkylation sites (tertiary alicyclic amines) is 1. The van der Waals surface area contributed by atoms with Gasteiger partial charge in [-0.3, -0.25) is 19.1 Å². The van der Waals surface area contributed by atoms with Crippen LogP contribution in [0.5, 0.6) is 0 Å². The van der Waals surface area contributed by atoms with E-state index < -0.39 is 29.9 Å². The van der Waals surface area contributed by atoms with Gasteiger partial charge in [-0.25, -0.2) is 4.39 Å². The van der Waals surface area contributed by atoms with Crippen LogP contribution in [-0.4, -0.2) is 61.4 Å². The van der Waals surface area contributed by atoms with Crippen molar-refractivity contribution in [2.75, 3.05) is 11.9 Å². The summed E-state index contributed by atoms with van der Waals surface area (Å²) in [5.41, 5.74) is 8.19. The predicted molar refractivity (Wildman–Crippen MR) is 147 cm³/mol. The first-order valence-corrected chi connectivity index (χ1v) is 12.7. The lowest BCUT2D eigenvalue weighted by molar-refractivity contribution is -0.137. The number of primary amides is 1. The van der Waals surface area contributed by atoms with Crippen molar-refractivity contribution in [2.24, 2.45) is 5.73 Å². The Morgan fingerprint density at radius 1 is 0.975 bits per heavy atom. The van der Waals surface area contributed by atoms with Crippen LogP contribution in [0.2, 0.25) is 0 Å². The summed E-state index contributed by atoms with van der Waals surface area (Å²) >= 11 is 0. The van der Waals surface area contributed by atoms with Crippen molar-refractivity contribution in [1.82, 2.24) is 24.9 Å². The second-order valence-electron chi connectivity index (χ2n) is 9.68. The first kappa shape index (κ1) is 25.1. The minimum Gasteiger partial charge on any atom is -0.364 e. The number of halogens is 1. The van der Waals surface area contributed by atoms with Gasteiger partial charge in [0.2, 0.25) is 11.8 Å². The molecule has 10 nitrogen and oxygen atoms in total. The molecule has 11 heteroatoms. The van der Waals surface area contributed by atoms with Crippen molar-refractivity contribution in [3.05, 3.63) is 84.8 Å². The Balaban J connectivity index is 1.25. The molecule has 200 valence electrons. The van der Waals surface area contributed by atoms with E-state index in [0.717, 1.165) is 21.9 Å². The Hall–Kier alpha value is -5.19. The van der Waals surface area contributed by atoms with Gasteiger partial charge in [-0.05, 0) is 46.7 Å². The molecule has 1 aliphatic rings. The van der Waals surface area contributed by atoms with E-state index in [0.29, 0.717) is 16.6 Å². The van der Waals surface area contributed by atoms with Gasteiger partial charge < -0.3 is 16.0 Å². The lowest BCUT2D eigenvalue weighted by Gasteiger charge is -2.24. The largest absolute Gasteiger partial charge is 0.364 e. The van der Waals surface area contributed by atoms with Gasteiger partial charge >= 0.3 is 0 Å². The predicted octanol–water partition coefficient (Wildman–Crippen LogP) is 3.32. The molecule has 3 aromatic carbocycles. The standard InChI is InChI=1S/C29H24FN7O3/c30-21-13-25(29(40)34-22-7-5-17-3-1-2-4-18(17)11-22)36(15-21)26(38)16-37-24-8-6-19(20-9-10-32-33-14-20)12-23(24)27(35-37)28(31)39/h1-12,14,21,25H,13,15-16H2,(H2,31,39)(H,34,40). The molecule has 3 N–H and O–H groups in total. The number of nitrogens with two attached hydrogens (primary N) is 1. The van der Waals surface area contributed by atoms with Crippen LogP contribution in [0.3, 0.4) is 0 Å². The fourth-order valence-electron chi connectivity index (χ4n) is 5.14. The summed E-state index contributed by atoms with van der Waals surface area (Å²) in [6.07, 6.45) is 1.68.